The Morgan fingerprint density at radius 1 is 1.09 bits per heavy atom. The Morgan fingerprint density at radius 3 is 2.71 bits per heavy atom. The van der Waals surface area contributed by atoms with Gasteiger partial charge in [-0.15, -0.1) is 10.2 Å². The number of aromatic nitrogens is 4. The lowest BCUT2D eigenvalue weighted by Crippen LogP contribution is -2.30. The number of nitro groups is 1. The number of anilines is 1. The molecule has 0 radical (unpaired) electrons. The van der Waals surface area contributed by atoms with Gasteiger partial charge in [-0.05, 0) is 35.7 Å². The number of thioether (sulfide) groups is 1. The van der Waals surface area contributed by atoms with Crippen LogP contribution in [-0.2, 0) is 17.8 Å². The van der Waals surface area contributed by atoms with E-state index in [0.717, 1.165) is 22.4 Å². The Balaban J connectivity index is 1.36. The number of nitro benzene ring substituents is 1. The highest BCUT2D eigenvalue weighted by molar-refractivity contribution is 7.99. The van der Waals surface area contributed by atoms with Crippen molar-refractivity contribution in [3.63, 3.8) is 0 Å². The van der Waals surface area contributed by atoms with E-state index in [9.17, 15) is 14.9 Å². The minimum atomic E-state index is -0.417. The topological polar surface area (TPSA) is 107 Å². The average molecular weight is 473 g/mol. The summed E-state index contributed by atoms with van der Waals surface area (Å²) in [5.74, 6) is 0.789. The first-order valence-corrected chi connectivity index (χ1v) is 11.7. The third kappa shape index (κ3) is 4.40. The fraction of sp³-hybridized carbons (Fsp3) is 0.167. The van der Waals surface area contributed by atoms with E-state index in [0.29, 0.717) is 30.5 Å². The summed E-state index contributed by atoms with van der Waals surface area (Å²) in [5, 5.41) is 20.4. The van der Waals surface area contributed by atoms with E-state index in [2.05, 4.69) is 15.2 Å². The molecule has 3 heterocycles. The van der Waals surface area contributed by atoms with E-state index in [4.69, 9.17) is 0 Å². The minimum absolute atomic E-state index is 0.0411. The minimum Gasteiger partial charge on any atom is -0.311 e. The van der Waals surface area contributed by atoms with Crippen LogP contribution in [0.2, 0.25) is 0 Å². The predicted molar refractivity (Wildman–Crippen MR) is 129 cm³/mol. The highest BCUT2D eigenvalue weighted by Gasteiger charge is 2.27. The van der Waals surface area contributed by atoms with Crippen LogP contribution in [0.3, 0.4) is 0 Å². The molecule has 0 atom stereocenters. The third-order valence-corrected chi connectivity index (χ3v) is 6.57. The van der Waals surface area contributed by atoms with Crippen molar-refractivity contribution in [2.24, 2.45) is 0 Å². The molecule has 4 aromatic rings. The summed E-state index contributed by atoms with van der Waals surface area (Å²) < 4.78 is 1.99. The molecule has 1 aliphatic rings. The Kier molecular flexibility index (Phi) is 6.05. The number of amides is 1. The first kappa shape index (κ1) is 21.8. The predicted octanol–water partition coefficient (Wildman–Crippen LogP) is 3.98. The molecule has 0 aliphatic carbocycles. The van der Waals surface area contributed by atoms with Crippen molar-refractivity contribution in [3.8, 4) is 11.4 Å². The molecule has 9 nitrogen and oxygen atoms in total. The van der Waals surface area contributed by atoms with Gasteiger partial charge in [-0.25, -0.2) is 0 Å². The zero-order valence-electron chi connectivity index (χ0n) is 18.1. The number of benzene rings is 2. The Labute approximate surface area is 199 Å². The number of nitrogens with zero attached hydrogens (tertiary/aromatic N) is 6. The lowest BCUT2D eigenvalue weighted by molar-refractivity contribution is -0.384. The molecule has 10 heteroatoms. The smallest absolute Gasteiger partial charge is 0.269 e. The summed E-state index contributed by atoms with van der Waals surface area (Å²) >= 11 is 1.33. The summed E-state index contributed by atoms with van der Waals surface area (Å²) in [6.45, 7) is 1.07. The van der Waals surface area contributed by atoms with Crippen molar-refractivity contribution in [2.45, 2.75) is 18.1 Å². The number of hydrogen-bond donors (Lipinski definition) is 0. The van der Waals surface area contributed by atoms with E-state index >= 15 is 0 Å². The van der Waals surface area contributed by atoms with Crippen molar-refractivity contribution < 1.29 is 9.72 Å². The van der Waals surface area contributed by atoms with Gasteiger partial charge in [-0.1, -0.05) is 42.1 Å². The molecule has 0 fully saturated rings. The van der Waals surface area contributed by atoms with Crippen LogP contribution in [0.1, 0.15) is 11.1 Å². The summed E-state index contributed by atoms with van der Waals surface area (Å²) in [7, 11) is 0. The molecule has 2 aromatic heterocycles. The molecule has 34 heavy (non-hydrogen) atoms. The molecule has 1 amide bonds. The van der Waals surface area contributed by atoms with Gasteiger partial charge < -0.3 is 4.90 Å². The third-order valence-electron chi connectivity index (χ3n) is 5.62. The number of carbonyl (C=O) groups excluding carboxylic acids is 1. The number of hydrogen-bond acceptors (Lipinski definition) is 7. The maximum Gasteiger partial charge on any atom is 0.269 e. The fourth-order valence-electron chi connectivity index (χ4n) is 3.98. The molecule has 0 N–H and O–H groups in total. The van der Waals surface area contributed by atoms with Crippen LogP contribution in [0.4, 0.5) is 11.4 Å². The molecule has 0 saturated carbocycles. The normalized spacial score (nSPS) is 12.5. The molecule has 0 saturated heterocycles. The maximum atomic E-state index is 13.1. The molecule has 170 valence electrons. The summed E-state index contributed by atoms with van der Waals surface area (Å²) in [6, 6.07) is 18.4. The van der Waals surface area contributed by atoms with E-state index < -0.39 is 4.92 Å². The van der Waals surface area contributed by atoms with Crippen molar-refractivity contribution in [2.75, 3.05) is 17.2 Å². The van der Waals surface area contributed by atoms with Crippen molar-refractivity contribution in [1.82, 2.24) is 19.7 Å². The number of carbonyl (C=O) groups is 1. The van der Waals surface area contributed by atoms with Crippen LogP contribution >= 0.6 is 11.8 Å². The van der Waals surface area contributed by atoms with E-state index in [1.54, 1.807) is 29.4 Å². The van der Waals surface area contributed by atoms with Crippen molar-refractivity contribution in [1.29, 1.82) is 0 Å². The van der Waals surface area contributed by atoms with Crippen LogP contribution in [0, 0.1) is 10.1 Å². The van der Waals surface area contributed by atoms with Crippen molar-refractivity contribution >= 4 is 29.0 Å². The Bertz CT molecular complexity index is 1340. The SMILES string of the molecule is O=C(CSc1nnc(-c2cccnc2)n1Cc1ccccc1)N1CCc2cc([N+](=O)[O-])ccc21. The van der Waals surface area contributed by atoms with Gasteiger partial charge in [0.05, 0.1) is 17.2 Å². The molecule has 5 rings (SSSR count). The van der Waals surface area contributed by atoms with Gasteiger partial charge in [-0.3, -0.25) is 24.5 Å². The van der Waals surface area contributed by atoms with Gasteiger partial charge in [0.1, 0.15) is 0 Å². The summed E-state index contributed by atoms with van der Waals surface area (Å²) in [4.78, 5) is 29.6. The summed E-state index contributed by atoms with van der Waals surface area (Å²) in [5.41, 5.74) is 3.53. The second-order valence-electron chi connectivity index (χ2n) is 7.77. The zero-order valence-corrected chi connectivity index (χ0v) is 18.9. The lowest BCUT2D eigenvalue weighted by atomic mass is 10.1. The van der Waals surface area contributed by atoms with Gasteiger partial charge in [0.25, 0.3) is 5.69 Å². The fourth-order valence-corrected chi connectivity index (χ4v) is 4.79. The quantitative estimate of drug-likeness (QED) is 0.227. The molecular weight excluding hydrogens is 452 g/mol. The van der Waals surface area contributed by atoms with Crippen LogP contribution in [0.15, 0.2) is 78.2 Å². The van der Waals surface area contributed by atoms with Crippen LogP contribution in [0.5, 0.6) is 0 Å². The number of fused-ring (bicyclic) bond motifs is 1. The highest BCUT2D eigenvalue weighted by Crippen LogP contribution is 2.32. The lowest BCUT2D eigenvalue weighted by Gasteiger charge is -2.17. The van der Waals surface area contributed by atoms with E-state index in [-0.39, 0.29) is 17.3 Å². The highest BCUT2D eigenvalue weighted by atomic mass is 32.2. The van der Waals surface area contributed by atoms with E-state index in [1.807, 2.05) is 47.0 Å². The van der Waals surface area contributed by atoms with Crippen LogP contribution in [-0.4, -0.2) is 42.9 Å². The molecule has 0 unspecified atom stereocenters. The van der Waals surface area contributed by atoms with Crippen LogP contribution < -0.4 is 4.90 Å². The van der Waals surface area contributed by atoms with Crippen LogP contribution in [0.25, 0.3) is 11.4 Å². The molecule has 1 aliphatic heterocycles. The average Bonchev–Trinajstić information content (AvgIpc) is 3.47. The molecular formula is C24H20N6O3S. The van der Waals surface area contributed by atoms with Gasteiger partial charge in [0, 0.05) is 42.3 Å². The molecule has 0 spiro atoms. The zero-order chi connectivity index (χ0) is 23.5. The Hall–Kier alpha value is -4.05. The Morgan fingerprint density at radius 2 is 1.94 bits per heavy atom. The number of rotatable bonds is 7. The monoisotopic (exact) mass is 472 g/mol. The van der Waals surface area contributed by atoms with Gasteiger partial charge >= 0.3 is 0 Å². The van der Waals surface area contributed by atoms with Gasteiger partial charge in [-0.2, -0.15) is 0 Å². The van der Waals surface area contributed by atoms with Crippen molar-refractivity contribution in [3.05, 3.63) is 94.3 Å². The molecule has 2 aromatic carbocycles. The molecule has 0 bridgehead atoms. The summed E-state index contributed by atoms with van der Waals surface area (Å²) in [6.07, 6.45) is 4.05. The van der Waals surface area contributed by atoms with E-state index in [1.165, 1.54) is 17.8 Å². The van der Waals surface area contributed by atoms with Gasteiger partial charge in [0.15, 0.2) is 11.0 Å². The number of non-ortho nitro benzene ring substituents is 1. The first-order chi connectivity index (χ1) is 16.6. The largest absolute Gasteiger partial charge is 0.311 e. The standard InChI is InChI=1S/C24H20N6O3S/c31-22(28-12-10-18-13-20(30(32)33)8-9-21(18)28)16-34-24-27-26-23(19-7-4-11-25-14-19)29(24)15-17-5-2-1-3-6-17/h1-9,11,13-14H,10,12,15-16H2. The van der Waals surface area contributed by atoms with Gasteiger partial charge in [0.2, 0.25) is 5.91 Å². The number of pyridine rings is 1. The second-order valence-corrected chi connectivity index (χ2v) is 8.72. The first-order valence-electron chi connectivity index (χ1n) is 10.7. The second kappa shape index (κ2) is 9.44. The maximum absolute atomic E-state index is 13.1.